The van der Waals surface area contributed by atoms with Crippen LogP contribution in [0.4, 0.5) is 0 Å². The number of aliphatic hydroxyl groups is 1. The van der Waals surface area contributed by atoms with Gasteiger partial charge in [0.05, 0.1) is 29.3 Å². The van der Waals surface area contributed by atoms with E-state index in [0.717, 1.165) is 25.7 Å². The monoisotopic (exact) mass is 265 g/mol. The molecule has 1 heterocycles. The second-order valence-electron chi connectivity index (χ2n) is 7.13. The Balaban J connectivity index is 2.27. The Morgan fingerprint density at radius 2 is 2.11 bits per heavy atom. The molecular formula is C16H27NO2. The third-order valence-corrected chi connectivity index (χ3v) is 5.26. The fourth-order valence-electron chi connectivity index (χ4n) is 4.11. The van der Waals surface area contributed by atoms with Crippen LogP contribution < -0.4 is 0 Å². The Kier molecular flexibility index (Phi) is 3.95. The van der Waals surface area contributed by atoms with Crippen LogP contribution in [-0.2, 0) is 4.74 Å². The molecular weight excluding hydrogens is 238 g/mol. The zero-order valence-electron chi connectivity index (χ0n) is 12.5. The summed E-state index contributed by atoms with van der Waals surface area (Å²) in [5.74, 6) is 0.586. The predicted octanol–water partition coefficient (Wildman–Crippen LogP) is 3.42. The van der Waals surface area contributed by atoms with Crippen molar-refractivity contribution in [3.05, 3.63) is 0 Å². The maximum atomic E-state index is 11.2. The highest BCUT2D eigenvalue weighted by atomic mass is 16.5. The van der Waals surface area contributed by atoms with Gasteiger partial charge in [-0.05, 0) is 32.6 Å². The Labute approximate surface area is 117 Å². The molecule has 0 aromatic carbocycles. The predicted molar refractivity (Wildman–Crippen MR) is 74.5 cm³/mol. The highest BCUT2D eigenvalue weighted by Crippen LogP contribution is 2.53. The maximum absolute atomic E-state index is 11.2. The van der Waals surface area contributed by atoms with Crippen LogP contribution in [0, 0.1) is 22.7 Å². The number of nitriles is 1. The molecule has 0 aromatic heterocycles. The number of hydrogen-bond donors (Lipinski definition) is 1. The van der Waals surface area contributed by atoms with Crippen LogP contribution in [-0.4, -0.2) is 22.9 Å². The molecule has 3 unspecified atom stereocenters. The molecule has 3 atom stereocenters. The van der Waals surface area contributed by atoms with Crippen molar-refractivity contribution in [2.24, 2.45) is 11.3 Å². The molecule has 3 heteroatoms. The first-order valence-corrected chi connectivity index (χ1v) is 7.64. The van der Waals surface area contributed by atoms with E-state index in [1.807, 2.05) is 13.8 Å². The minimum absolute atomic E-state index is 0.323. The number of ether oxygens (including phenoxy) is 1. The van der Waals surface area contributed by atoms with Gasteiger partial charge in [-0.3, -0.25) is 0 Å². The third-order valence-electron chi connectivity index (χ3n) is 5.26. The molecule has 0 aromatic rings. The van der Waals surface area contributed by atoms with Crippen molar-refractivity contribution in [3.8, 4) is 6.07 Å². The van der Waals surface area contributed by atoms with Crippen molar-refractivity contribution in [1.82, 2.24) is 0 Å². The molecule has 2 fully saturated rings. The van der Waals surface area contributed by atoms with Gasteiger partial charge in [0.15, 0.2) is 0 Å². The van der Waals surface area contributed by atoms with Gasteiger partial charge < -0.3 is 9.84 Å². The fourth-order valence-corrected chi connectivity index (χ4v) is 4.11. The number of rotatable bonds is 2. The van der Waals surface area contributed by atoms with Gasteiger partial charge in [0.1, 0.15) is 0 Å². The van der Waals surface area contributed by atoms with Gasteiger partial charge in [-0.15, -0.1) is 0 Å². The van der Waals surface area contributed by atoms with E-state index < -0.39 is 11.0 Å². The maximum Gasteiger partial charge on any atom is 0.0882 e. The van der Waals surface area contributed by atoms with Gasteiger partial charge in [0.2, 0.25) is 0 Å². The third kappa shape index (κ3) is 2.66. The lowest BCUT2D eigenvalue weighted by atomic mass is 9.57. The zero-order valence-corrected chi connectivity index (χ0v) is 12.5. The average molecular weight is 265 g/mol. The van der Waals surface area contributed by atoms with Crippen LogP contribution in [0.1, 0.15) is 65.7 Å². The van der Waals surface area contributed by atoms with Crippen LogP contribution in [0.2, 0.25) is 0 Å². The SMILES string of the molecule is CCC1CCCC(C#N)(C2(O)CCOC(C)(C)C2)C1. The quantitative estimate of drug-likeness (QED) is 0.832. The van der Waals surface area contributed by atoms with Crippen LogP contribution in [0.25, 0.3) is 0 Å². The minimum atomic E-state index is -0.878. The molecule has 0 spiro atoms. The zero-order chi connectivity index (χ0) is 14.1. The van der Waals surface area contributed by atoms with Crippen molar-refractivity contribution in [3.63, 3.8) is 0 Å². The highest BCUT2D eigenvalue weighted by molar-refractivity contribution is 5.15. The summed E-state index contributed by atoms with van der Waals surface area (Å²) >= 11 is 0. The summed E-state index contributed by atoms with van der Waals surface area (Å²) < 4.78 is 5.72. The van der Waals surface area contributed by atoms with Crippen molar-refractivity contribution in [1.29, 1.82) is 5.26 Å². The second kappa shape index (κ2) is 5.07. The Morgan fingerprint density at radius 3 is 2.68 bits per heavy atom. The Hall–Kier alpha value is -0.590. The smallest absolute Gasteiger partial charge is 0.0882 e. The van der Waals surface area contributed by atoms with E-state index in [1.165, 1.54) is 6.42 Å². The first kappa shape index (κ1) is 14.8. The summed E-state index contributed by atoms with van der Waals surface area (Å²) in [6.45, 7) is 6.78. The number of hydrogen-bond acceptors (Lipinski definition) is 3. The lowest BCUT2D eigenvalue weighted by Gasteiger charge is -2.52. The molecule has 0 bridgehead atoms. The molecule has 0 radical (unpaired) electrons. The second-order valence-corrected chi connectivity index (χ2v) is 7.13. The van der Waals surface area contributed by atoms with Crippen molar-refractivity contribution >= 4 is 0 Å². The van der Waals surface area contributed by atoms with E-state index in [0.29, 0.717) is 25.4 Å². The van der Waals surface area contributed by atoms with Gasteiger partial charge in [-0.2, -0.15) is 5.26 Å². The summed E-state index contributed by atoms with van der Waals surface area (Å²) in [6, 6.07) is 2.52. The topological polar surface area (TPSA) is 53.2 Å². The van der Waals surface area contributed by atoms with Gasteiger partial charge >= 0.3 is 0 Å². The molecule has 2 rings (SSSR count). The largest absolute Gasteiger partial charge is 0.388 e. The molecule has 1 aliphatic carbocycles. The molecule has 19 heavy (non-hydrogen) atoms. The summed E-state index contributed by atoms with van der Waals surface area (Å²) in [6.07, 6.45) is 6.24. The standard InChI is InChI=1S/C16H27NO2/c1-4-13-6-5-7-15(10-13,12-17)16(18)8-9-19-14(2,3)11-16/h13,18H,4-11H2,1-3H3. The van der Waals surface area contributed by atoms with Crippen LogP contribution in [0.15, 0.2) is 0 Å². The van der Waals surface area contributed by atoms with Gasteiger partial charge in [0, 0.05) is 12.8 Å². The van der Waals surface area contributed by atoms with Crippen molar-refractivity contribution < 1.29 is 9.84 Å². The lowest BCUT2D eigenvalue weighted by Crippen LogP contribution is -2.57. The van der Waals surface area contributed by atoms with E-state index in [1.54, 1.807) is 0 Å². The molecule has 3 nitrogen and oxygen atoms in total. The number of nitrogens with zero attached hydrogens (tertiary/aromatic N) is 1. The van der Waals surface area contributed by atoms with Gasteiger partial charge in [0.25, 0.3) is 0 Å². The van der Waals surface area contributed by atoms with Gasteiger partial charge in [-0.25, -0.2) is 0 Å². The summed E-state index contributed by atoms with van der Waals surface area (Å²) in [5, 5.41) is 21.0. The van der Waals surface area contributed by atoms with E-state index in [2.05, 4.69) is 13.0 Å². The minimum Gasteiger partial charge on any atom is -0.388 e. The van der Waals surface area contributed by atoms with E-state index >= 15 is 0 Å². The molecule has 0 amide bonds. The molecule has 1 aliphatic heterocycles. The van der Waals surface area contributed by atoms with Crippen molar-refractivity contribution in [2.75, 3.05) is 6.61 Å². The highest BCUT2D eigenvalue weighted by Gasteiger charge is 2.56. The van der Waals surface area contributed by atoms with E-state index in [4.69, 9.17) is 4.74 Å². The molecule has 2 aliphatic rings. The first-order chi connectivity index (χ1) is 8.86. The summed E-state index contributed by atoms with van der Waals surface area (Å²) in [4.78, 5) is 0. The van der Waals surface area contributed by atoms with Crippen LogP contribution >= 0.6 is 0 Å². The van der Waals surface area contributed by atoms with E-state index in [-0.39, 0.29) is 5.60 Å². The normalized spacial score (nSPS) is 42.6. The fraction of sp³-hybridized carbons (Fsp3) is 0.938. The Bertz CT molecular complexity index is 373. The molecule has 108 valence electrons. The summed E-state index contributed by atoms with van der Waals surface area (Å²) in [7, 11) is 0. The molecule has 1 saturated carbocycles. The van der Waals surface area contributed by atoms with Gasteiger partial charge in [-0.1, -0.05) is 26.2 Å². The summed E-state index contributed by atoms with van der Waals surface area (Å²) in [5.41, 5.74) is -1.76. The van der Waals surface area contributed by atoms with Crippen molar-refractivity contribution in [2.45, 2.75) is 76.9 Å². The lowest BCUT2D eigenvalue weighted by molar-refractivity contribution is -0.191. The average Bonchev–Trinajstić information content (AvgIpc) is 2.37. The first-order valence-electron chi connectivity index (χ1n) is 7.64. The molecule has 1 saturated heterocycles. The van der Waals surface area contributed by atoms with E-state index in [9.17, 15) is 10.4 Å². The van der Waals surface area contributed by atoms with Crippen LogP contribution in [0.3, 0.4) is 0 Å². The molecule has 1 N–H and O–H groups in total. The Morgan fingerprint density at radius 1 is 1.37 bits per heavy atom. The van der Waals surface area contributed by atoms with Crippen LogP contribution in [0.5, 0.6) is 0 Å².